The largest absolute Gasteiger partial charge is 0.416 e. The number of likely N-dealkylation sites (tertiary alicyclic amines) is 2. The number of carbonyl (C=O) groups excluding carboxylic acids is 1. The summed E-state index contributed by atoms with van der Waals surface area (Å²) in [5.74, 6) is -0.187. The summed E-state index contributed by atoms with van der Waals surface area (Å²) >= 11 is 0. The molecule has 0 radical (unpaired) electrons. The Hall–Kier alpha value is -2.59. The number of alkyl halides is 3. The molecule has 0 saturated carbocycles. The minimum Gasteiger partial charge on any atom is -0.389 e. The van der Waals surface area contributed by atoms with Crippen LogP contribution in [0.4, 0.5) is 18.0 Å². The summed E-state index contributed by atoms with van der Waals surface area (Å²) in [5, 5.41) is 17.1. The average molecular weight is 481 g/mol. The number of nitrogens with zero attached hydrogens (tertiary/aromatic N) is 3. The third-order valence-corrected chi connectivity index (χ3v) is 6.45. The van der Waals surface area contributed by atoms with Gasteiger partial charge in [-0.2, -0.15) is 18.3 Å². The van der Waals surface area contributed by atoms with Gasteiger partial charge in [-0.25, -0.2) is 4.79 Å². The summed E-state index contributed by atoms with van der Waals surface area (Å²) in [7, 11) is 0. The van der Waals surface area contributed by atoms with Crippen molar-refractivity contribution in [3.8, 4) is 0 Å². The molecule has 10 heteroatoms. The van der Waals surface area contributed by atoms with Gasteiger partial charge in [-0.05, 0) is 44.0 Å². The lowest BCUT2D eigenvalue weighted by Crippen LogP contribution is -2.59. The number of carbonyl (C=O) groups is 1. The number of aromatic nitrogens is 2. The highest BCUT2D eigenvalue weighted by Crippen LogP contribution is 2.37. The summed E-state index contributed by atoms with van der Waals surface area (Å²) < 4.78 is 44.6. The second-order valence-electron chi connectivity index (χ2n) is 9.48. The quantitative estimate of drug-likeness (QED) is 0.660. The number of nitrogens with one attached hydrogen (secondary N) is 1. The Kier molecular flexibility index (Phi) is 7.18. The fourth-order valence-electron chi connectivity index (χ4n) is 4.59. The molecule has 3 heterocycles. The van der Waals surface area contributed by atoms with E-state index in [2.05, 4.69) is 10.2 Å². The van der Waals surface area contributed by atoms with E-state index in [4.69, 9.17) is 4.74 Å². The standard InChI is InChI=1S/C24H31F3N4O3/c1-15(2)34-8-7-20-10-22(29-28-20)18-9-17(16-3-5-19(6-4-16)24(25,26)27)11-30(12-18)23(33)31-13-21(32)14-31/h3-6,10,15,17-18,21,32H,7-9,11-14H2,1-2H3,(H,28,29). The maximum Gasteiger partial charge on any atom is 0.416 e. The number of hydrogen-bond acceptors (Lipinski definition) is 4. The highest BCUT2D eigenvalue weighted by Gasteiger charge is 2.38. The van der Waals surface area contributed by atoms with Crippen LogP contribution < -0.4 is 0 Å². The van der Waals surface area contributed by atoms with Crippen molar-refractivity contribution >= 4 is 6.03 Å². The van der Waals surface area contributed by atoms with Crippen molar-refractivity contribution < 1.29 is 27.8 Å². The number of β-amino-alcohol motifs (C(OH)–C–C–N with tert-alkyl or cyclic N) is 1. The van der Waals surface area contributed by atoms with E-state index < -0.39 is 17.8 Å². The van der Waals surface area contributed by atoms with Gasteiger partial charge in [0, 0.05) is 37.0 Å². The zero-order valence-corrected chi connectivity index (χ0v) is 19.4. The number of aliphatic hydroxyl groups excluding tert-OH is 1. The van der Waals surface area contributed by atoms with Gasteiger partial charge in [-0.3, -0.25) is 5.10 Å². The highest BCUT2D eigenvalue weighted by atomic mass is 19.4. The molecule has 34 heavy (non-hydrogen) atoms. The second kappa shape index (κ2) is 9.95. The molecule has 2 fully saturated rings. The third kappa shape index (κ3) is 5.72. The summed E-state index contributed by atoms with van der Waals surface area (Å²) in [6, 6.07) is 7.03. The molecular weight excluding hydrogens is 449 g/mol. The molecule has 1 aromatic heterocycles. The molecule has 2 N–H and O–H groups in total. The Morgan fingerprint density at radius 2 is 1.79 bits per heavy atom. The number of piperidine rings is 1. The van der Waals surface area contributed by atoms with E-state index in [1.807, 2.05) is 19.9 Å². The highest BCUT2D eigenvalue weighted by molar-refractivity contribution is 5.75. The molecule has 0 spiro atoms. The number of benzene rings is 1. The number of aromatic amines is 1. The second-order valence-corrected chi connectivity index (χ2v) is 9.48. The van der Waals surface area contributed by atoms with Crippen LogP contribution in [0.15, 0.2) is 30.3 Å². The SMILES string of the molecule is CC(C)OCCc1cc(C2CC(c3ccc(C(F)(F)F)cc3)CN(C(=O)N3CC(O)C3)C2)n[nH]1. The van der Waals surface area contributed by atoms with E-state index in [0.717, 1.165) is 29.1 Å². The molecule has 186 valence electrons. The molecule has 2 unspecified atom stereocenters. The first kappa shape index (κ1) is 24.5. The maximum absolute atomic E-state index is 13.0. The van der Waals surface area contributed by atoms with E-state index in [9.17, 15) is 23.1 Å². The minimum atomic E-state index is -4.39. The third-order valence-electron chi connectivity index (χ3n) is 6.45. The number of rotatable bonds is 6. The molecule has 7 nitrogen and oxygen atoms in total. The molecule has 4 rings (SSSR count). The predicted octanol–water partition coefficient (Wildman–Crippen LogP) is 3.77. The average Bonchev–Trinajstić information content (AvgIpc) is 3.24. The number of hydrogen-bond donors (Lipinski definition) is 2. The van der Waals surface area contributed by atoms with Crippen LogP contribution in [0.5, 0.6) is 0 Å². The van der Waals surface area contributed by atoms with Gasteiger partial charge in [0.05, 0.1) is 43.2 Å². The zero-order chi connectivity index (χ0) is 24.5. The lowest BCUT2D eigenvalue weighted by molar-refractivity contribution is -0.137. The molecule has 0 aliphatic carbocycles. The molecule has 2 aromatic rings. The maximum atomic E-state index is 13.0. The fraction of sp³-hybridized carbons (Fsp3) is 0.583. The van der Waals surface area contributed by atoms with Gasteiger partial charge < -0.3 is 19.6 Å². The Bertz CT molecular complexity index is 971. The first-order valence-corrected chi connectivity index (χ1v) is 11.6. The van der Waals surface area contributed by atoms with E-state index in [1.165, 1.54) is 12.1 Å². The molecule has 0 bridgehead atoms. The van der Waals surface area contributed by atoms with Crippen molar-refractivity contribution in [3.63, 3.8) is 0 Å². The molecule has 1 aromatic carbocycles. The molecular formula is C24H31F3N4O3. The molecule has 2 aliphatic rings. The monoisotopic (exact) mass is 480 g/mol. The Balaban J connectivity index is 1.52. The lowest BCUT2D eigenvalue weighted by Gasteiger charge is -2.43. The predicted molar refractivity (Wildman–Crippen MR) is 119 cm³/mol. The van der Waals surface area contributed by atoms with Crippen LogP contribution >= 0.6 is 0 Å². The zero-order valence-electron chi connectivity index (χ0n) is 19.4. The number of urea groups is 1. The minimum absolute atomic E-state index is 0.0628. The van der Waals surface area contributed by atoms with Gasteiger partial charge in [0.15, 0.2) is 0 Å². The number of amides is 2. The summed E-state index contributed by atoms with van der Waals surface area (Å²) in [4.78, 5) is 16.4. The molecule has 2 saturated heterocycles. The van der Waals surface area contributed by atoms with Crippen molar-refractivity contribution in [1.29, 1.82) is 0 Å². The summed E-state index contributed by atoms with van der Waals surface area (Å²) in [6.45, 7) is 6.00. The van der Waals surface area contributed by atoms with Crippen LogP contribution in [-0.4, -0.2) is 76.1 Å². The fourth-order valence-corrected chi connectivity index (χ4v) is 4.59. The van der Waals surface area contributed by atoms with Gasteiger partial charge in [0.1, 0.15) is 0 Å². The van der Waals surface area contributed by atoms with Crippen LogP contribution in [0.25, 0.3) is 0 Å². The van der Waals surface area contributed by atoms with Gasteiger partial charge in [0.25, 0.3) is 0 Å². The number of halogens is 3. The van der Waals surface area contributed by atoms with Crippen LogP contribution in [0.2, 0.25) is 0 Å². The smallest absolute Gasteiger partial charge is 0.389 e. The van der Waals surface area contributed by atoms with Crippen molar-refractivity contribution in [2.75, 3.05) is 32.8 Å². The first-order chi connectivity index (χ1) is 16.1. The van der Waals surface area contributed by atoms with E-state index >= 15 is 0 Å². The topological polar surface area (TPSA) is 81.7 Å². The Morgan fingerprint density at radius 3 is 2.41 bits per heavy atom. The van der Waals surface area contributed by atoms with E-state index in [0.29, 0.717) is 45.6 Å². The van der Waals surface area contributed by atoms with Crippen molar-refractivity contribution in [1.82, 2.24) is 20.0 Å². The van der Waals surface area contributed by atoms with Gasteiger partial charge in [-0.1, -0.05) is 12.1 Å². The number of ether oxygens (including phenoxy) is 1. The summed E-state index contributed by atoms with van der Waals surface area (Å²) in [6.07, 6.45) is -3.39. The Labute approximate surface area is 196 Å². The van der Waals surface area contributed by atoms with Crippen LogP contribution in [-0.2, 0) is 17.3 Å². The van der Waals surface area contributed by atoms with Crippen molar-refractivity contribution in [2.45, 2.75) is 56.9 Å². The van der Waals surface area contributed by atoms with Gasteiger partial charge >= 0.3 is 12.2 Å². The number of aliphatic hydroxyl groups is 1. The van der Waals surface area contributed by atoms with Gasteiger partial charge in [0.2, 0.25) is 0 Å². The molecule has 2 atom stereocenters. The summed E-state index contributed by atoms with van der Waals surface area (Å²) in [5.41, 5.74) is 1.85. The normalized spacial score (nSPS) is 21.7. The number of H-pyrrole nitrogens is 1. The van der Waals surface area contributed by atoms with Crippen molar-refractivity contribution in [3.05, 3.63) is 52.8 Å². The lowest BCUT2D eigenvalue weighted by atomic mass is 9.82. The van der Waals surface area contributed by atoms with Crippen LogP contribution in [0.1, 0.15) is 54.6 Å². The van der Waals surface area contributed by atoms with Crippen LogP contribution in [0, 0.1) is 0 Å². The molecule has 2 aliphatic heterocycles. The van der Waals surface area contributed by atoms with E-state index in [1.54, 1.807) is 9.80 Å². The first-order valence-electron chi connectivity index (χ1n) is 11.6. The molecule has 2 amide bonds. The van der Waals surface area contributed by atoms with Crippen LogP contribution in [0.3, 0.4) is 0 Å². The Morgan fingerprint density at radius 1 is 1.15 bits per heavy atom. The van der Waals surface area contributed by atoms with Crippen molar-refractivity contribution in [2.24, 2.45) is 0 Å². The van der Waals surface area contributed by atoms with E-state index in [-0.39, 0.29) is 24.0 Å². The van der Waals surface area contributed by atoms with Gasteiger partial charge in [-0.15, -0.1) is 0 Å².